The molecule has 1 aliphatic rings. The highest BCUT2D eigenvalue weighted by Gasteiger charge is 2.33. The Morgan fingerprint density at radius 3 is 2.43 bits per heavy atom. The SMILES string of the molecule is CCOc1ccc([C@@H](C(=O)NC2CCCC2)N(Cc2ccc(F)cc2)C(=O)Cc2cccs2)cc1. The summed E-state index contributed by atoms with van der Waals surface area (Å²) in [5.41, 5.74) is 1.47. The van der Waals surface area contributed by atoms with E-state index in [1.165, 1.54) is 23.5 Å². The Bertz CT molecular complexity index is 1090. The number of benzene rings is 2. The molecule has 2 amide bonds. The number of thiophene rings is 1. The maximum absolute atomic E-state index is 13.7. The number of carbonyl (C=O) groups excluding carboxylic acids is 2. The molecule has 1 aromatic heterocycles. The van der Waals surface area contributed by atoms with E-state index in [0.29, 0.717) is 17.9 Å². The minimum absolute atomic E-state index is 0.118. The lowest BCUT2D eigenvalue weighted by Gasteiger charge is -2.32. The van der Waals surface area contributed by atoms with Crippen LogP contribution in [0.25, 0.3) is 0 Å². The molecule has 7 heteroatoms. The molecule has 1 saturated carbocycles. The first-order valence-corrected chi connectivity index (χ1v) is 13.0. The van der Waals surface area contributed by atoms with Crippen LogP contribution >= 0.6 is 11.3 Å². The maximum atomic E-state index is 13.7. The highest BCUT2D eigenvalue weighted by Crippen LogP contribution is 2.28. The molecule has 1 heterocycles. The van der Waals surface area contributed by atoms with Gasteiger partial charge in [0.2, 0.25) is 11.8 Å². The minimum Gasteiger partial charge on any atom is -0.494 e. The Morgan fingerprint density at radius 1 is 1.09 bits per heavy atom. The van der Waals surface area contributed by atoms with E-state index < -0.39 is 6.04 Å². The molecule has 0 saturated heterocycles. The van der Waals surface area contributed by atoms with Crippen molar-refractivity contribution in [3.63, 3.8) is 0 Å². The topological polar surface area (TPSA) is 58.6 Å². The summed E-state index contributed by atoms with van der Waals surface area (Å²) < 4.78 is 19.1. The van der Waals surface area contributed by atoms with Crippen LogP contribution in [-0.2, 0) is 22.6 Å². The highest BCUT2D eigenvalue weighted by molar-refractivity contribution is 7.10. The van der Waals surface area contributed by atoms with Gasteiger partial charge in [0.1, 0.15) is 17.6 Å². The fourth-order valence-electron chi connectivity index (χ4n) is 4.51. The Labute approximate surface area is 209 Å². The quantitative estimate of drug-likeness (QED) is 0.396. The van der Waals surface area contributed by atoms with Gasteiger partial charge >= 0.3 is 0 Å². The number of carbonyl (C=O) groups is 2. The summed E-state index contributed by atoms with van der Waals surface area (Å²) in [4.78, 5) is 29.9. The van der Waals surface area contributed by atoms with E-state index in [1.807, 2.05) is 48.7 Å². The van der Waals surface area contributed by atoms with Crippen molar-refractivity contribution in [2.24, 2.45) is 0 Å². The monoisotopic (exact) mass is 494 g/mol. The number of nitrogens with one attached hydrogen (secondary N) is 1. The summed E-state index contributed by atoms with van der Waals surface area (Å²) in [6.07, 6.45) is 4.28. The van der Waals surface area contributed by atoms with Crippen LogP contribution < -0.4 is 10.1 Å². The van der Waals surface area contributed by atoms with Crippen molar-refractivity contribution in [3.05, 3.63) is 87.9 Å². The third-order valence-electron chi connectivity index (χ3n) is 6.26. The fraction of sp³-hybridized carbons (Fsp3) is 0.357. The van der Waals surface area contributed by atoms with Gasteiger partial charge in [0.05, 0.1) is 13.0 Å². The van der Waals surface area contributed by atoms with Crippen LogP contribution in [0.3, 0.4) is 0 Å². The number of rotatable bonds is 10. The molecular formula is C28H31FN2O3S. The maximum Gasteiger partial charge on any atom is 0.247 e. The van der Waals surface area contributed by atoms with Crippen LogP contribution in [0.2, 0.25) is 0 Å². The van der Waals surface area contributed by atoms with Crippen LogP contribution in [0.5, 0.6) is 5.75 Å². The third-order valence-corrected chi connectivity index (χ3v) is 7.14. The Hall–Kier alpha value is -3.19. The molecule has 1 fully saturated rings. The van der Waals surface area contributed by atoms with E-state index in [1.54, 1.807) is 17.0 Å². The Balaban J connectivity index is 1.69. The minimum atomic E-state index is -0.816. The number of amides is 2. The van der Waals surface area contributed by atoms with Crippen molar-refractivity contribution in [1.29, 1.82) is 0 Å². The zero-order chi connectivity index (χ0) is 24.6. The molecule has 1 atom stereocenters. The van der Waals surface area contributed by atoms with Crippen LogP contribution in [0.4, 0.5) is 4.39 Å². The Kier molecular flexibility index (Phi) is 8.53. The average Bonchev–Trinajstić information content (AvgIpc) is 3.56. The smallest absolute Gasteiger partial charge is 0.247 e. The van der Waals surface area contributed by atoms with Gasteiger partial charge in [-0.15, -0.1) is 11.3 Å². The second kappa shape index (κ2) is 12.0. The van der Waals surface area contributed by atoms with Crippen molar-refractivity contribution in [2.45, 2.75) is 57.7 Å². The van der Waals surface area contributed by atoms with Gasteiger partial charge in [-0.05, 0) is 66.6 Å². The average molecular weight is 495 g/mol. The largest absolute Gasteiger partial charge is 0.494 e. The highest BCUT2D eigenvalue weighted by atomic mass is 32.1. The zero-order valence-electron chi connectivity index (χ0n) is 19.9. The summed E-state index contributed by atoms with van der Waals surface area (Å²) in [5.74, 6) is 0.0217. The molecule has 1 aliphatic carbocycles. The molecule has 0 bridgehead atoms. The number of ether oxygens (including phenoxy) is 1. The summed E-state index contributed by atoms with van der Waals surface area (Å²) >= 11 is 1.51. The van der Waals surface area contributed by atoms with E-state index >= 15 is 0 Å². The lowest BCUT2D eigenvalue weighted by molar-refractivity contribution is -0.141. The number of halogens is 1. The zero-order valence-corrected chi connectivity index (χ0v) is 20.7. The normalized spacial score (nSPS) is 14.5. The van der Waals surface area contributed by atoms with Crippen molar-refractivity contribution >= 4 is 23.2 Å². The van der Waals surface area contributed by atoms with E-state index in [-0.39, 0.29) is 36.6 Å². The summed E-state index contributed by atoms with van der Waals surface area (Å²) in [5, 5.41) is 5.12. The van der Waals surface area contributed by atoms with Gasteiger partial charge in [0.15, 0.2) is 0 Å². The van der Waals surface area contributed by atoms with Crippen LogP contribution in [0.1, 0.15) is 54.7 Å². The summed E-state index contributed by atoms with van der Waals surface area (Å²) in [6, 6.07) is 16.6. The molecule has 2 aromatic carbocycles. The van der Waals surface area contributed by atoms with E-state index in [4.69, 9.17) is 4.74 Å². The fourth-order valence-corrected chi connectivity index (χ4v) is 5.21. The molecule has 0 aliphatic heterocycles. The lowest BCUT2D eigenvalue weighted by Crippen LogP contribution is -2.46. The van der Waals surface area contributed by atoms with Gasteiger partial charge in [-0.2, -0.15) is 0 Å². The van der Waals surface area contributed by atoms with Crippen LogP contribution in [0.15, 0.2) is 66.0 Å². The molecule has 1 N–H and O–H groups in total. The van der Waals surface area contributed by atoms with Crippen molar-refractivity contribution in [1.82, 2.24) is 10.2 Å². The lowest BCUT2D eigenvalue weighted by atomic mass is 10.0. The van der Waals surface area contributed by atoms with E-state index in [0.717, 1.165) is 36.1 Å². The van der Waals surface area contributed by atoms with Crippen LogP contribution in [-0.4, -0.2) is 29.4 Å². The van der Waals surface area contributed by atoms with E-state index in [2.05, 4.69) is 5.32 Å². The van der Waals surface area contributed by atoms with Crippen molar-refractivity contribution in [2.75, 3.05) is 6.61 Å². The first-order chi connectivity index (χ1) is 17.0. The van der Waals surface area contributed by atoms with Gasteiger partial charge in [-0.25, -0.2) is 4.39 Å². The third kappa shape index (κ3) is 6.69. The molecular weight excluding hydrogens is 463 g/mol. The van der Waals surface area contributed by atoms with Crippen LogP contribution in [0, 0.1) is 5.82 Å². The molecule has 0 unspecified atom stereocenters. The van der Waals surface area contributed by atoms with Gasteiger partial charge in [-0.3, -0.25) is 9.59 Å². The number of hydrogen-bond acceptors (Lipinski definition) is 4. The van der Waals surface area contributed by atoms with Gasteiger partial charge in [-0.1, -0.05) is 43.2 Å². The second-order valence-corrected chi connectivity index (χ2v) is 9.83. The second-order valence-electron chi connectivity index (χ2n) is 8.80. The standard InChI is InChI=1S/C28H31FN2O3S/c1-2-34-24-15-11-21(12-16-24)27(28(33)30-23-6-3-4-7-23)31(19-20-9-13-22(29)14-10-20)26(32)18-25-8-5-17-35-25/h5,8-17,23,27H,2-4,6-7,18-19H2,1H3,(H,30,33)/t27-/m0/s1. The molecule has 5 nitrogen and oxygen atoms in total. The Morgan fingerprint density at radius 2 is 1.80 bits per heavy atom. The summed E-state index contributed by atoms with van der Waals surface area (Å²) in [7, 11) is 0. The van der Waals surface area contributed by atoms with Crippen molar-refractivity contribution < 1.29 is 18.7 Å². The summed E-state index contributed by atoms with van der Waals surface area (Å²) in [6.45, 7) is 2.65. The molecule has 4 rings (SSSR count). The number of hydrogen-bond donors (Lipinski definition) is 1. The molecule has 0 spiro atoms. The van der Waals surface area contributed by atoms with Gasteiger partial charge in [0, 0.05) is 17.5 Å². The molecule has 184 valence electrons. The first kappa shape index (κ1) is 24.9. The van der Waals surface area contributed by atoms with Gasteiger partial charge < -0.3 is 15.0 Å². The van der Waals surface area contributed by atoms with E-state index in [9.17, 15) is 14.0 Å². The molecule has 3 aromatic rings. The molecule has 35 heavy (non-hydrogen) atoms. The van der Waals surface area contributed by atoms with Gasteiger partial charge in [0.25, 0.3) is 0 Å². The number of nitrogens with zero attached hydrogens (tertiary/aromatic N) is 1. The van der Waals surface area contributed by atoms with Crippen molar-refractivity contribution in [3.8, 4) is 5.75 Å². The predicted molar refractivity (Wildman–Crippen MR) is 136 cm³/mol. The first-order valence-electron chi connectivity index (χ1n) is 12.1. The predicted octanol–water partition coefficient (Wildman–Crippen LogP) is 5.66. The molecule has 0 radical (unpaired) electrons.